The van der Waals surface area contributed by atoms with E-state index in [0.29, 0.717) is 0 Å². The van der Waals surface area contributed by atoms with Crippen molar-refractivity contribution in [3.05, 3.63) is 0 Å². The molecule has 1 aliphatic rings. The predicted molar refractivity (Wildman–Crippen MR) is 66.8 cm³/mol. The second-order valence-electron chi connectivity index (χ2n) is 4.72. The van der Waals surface area contributed by atoms with Gasteiger partial charge in [-0.25, -0.2) is 0 Å². The molecule has 1 saturated carbocycles. The molecule has 1 fully saturated rings. The highest BCUT2D eigenvalue weighted by Crippen LogP contribution is 2.31. The average molecular weight is 229 g/mol. The molecule has 0 aromatic heterocycles. The smallest absolute Gasteiger partial charge is 0.0806 e. The molecule has 96 valence electrons. The molecule has 1 rings (SSSR count). The second kappa shape index (κ2) is 8.04. The summed E-state index contributed by atoms with van der Waals surface area (Å²) in [6, 6.07) is 0. The van der Waals surface area contributed by atoms with Crippen LogP contribution in [0.2, 0.25) is 0 Å². The molecule has 0 bridgehead atoms. The first-order valence-electron chi connectivity index (χ1n) is 6.66. The van der Waals surface area contributed by atoms with E-state index in [1.807, 2.05) is 0 Å². The van der Waals surface area contributed by atoms with Gasteiger partial charge in [0.15, 0.2) is 0 Å². The van der Waals surface area contributed by atoms with E-state index in [1.54, 1.807) is 7.11 Å². The van der Waals surface area contributed by atoms with Crippen LogP contribution in [0.4, 0.5) is 0 Å². The topological polar surface area (TPSA) is 30.5 Å². The molecule has 3 nitrogen and oxygen atoms in total. The lowest BCUT2D eigenvalue weighted by atomic mass is 9.84. The van der Waals surface area contributed by atoms with Crippen molar-refractivity contribution in [1.29, 1.82) is 0 Å². The van der Waals surface area contributed by atoms with Crippen molar-refractivity contribution in [1.82, 2.24) is 5.32 Å². The van der Waals surface area contributed by atoms with Crippen LogP contribution in [0.25, 0.3) is 0 Å². The summed E-state index contributed by atoms with van der Waals surface area (Å²) in [4.78, 5) is 0. The van der Waals surface area contributed by atoms with Gasteiger partial charge in [0, 0.05) is 26.9 Å². The zero-order valence-electron chi connectivity index (χ0n) is 10.9. The molecule has 0 radical (unpaired) electrons. The van der Waals surface area contributed by atoms with E-state index >= 15 is 0 Å². The van der Waals surface area contributed by atoms with E-state index in [9.17, 15) is 0 Å². The lowest BCUT2D eigenvalue weighted by molar-refractivity contribution is -0.0724. The largest absolute Gasteiger partial charge is 0.385 e. The highest BCUT2D eigenvalue weighted by Gasteiger charge is 2.32. The molecule has 3 heteroatoms. The summed E-state index contributed by atoms with van der Waals surface area (Å²) in [5.41, 5.74) is 0.113. The summed E-state index contributed by atoms with van der Waals surface area (Å²) in [7, 11) is 1.75. The average Bonchev–Trinajstić information content (AvgIpc) is 2.34. The van der Waals surface area contributed by atoms with Crippen LogP contribution in [0.1, 0.15) is 45.4 Å². The molecule has 0 atom stereocenters. The van der Waals surface area contributed by atoms with Gasteiger partial charge in [0.05, 0.1) is 5.60 Å². The van der Waals surface area contributed by atoms with Gasteiger partial charge in [-0.05, 0) is 25.8 Å². The minimum atomic E-state index is 0.113. The number of likely N-dealkylation sites (N-methyl/N-ethyl adjacent to an activating group) is 1. The van der Waals surface area contributed by atoms with E-state index in [-0.39, 0.29) is 5.60 Å². The molecule has 16 heavy (non-hydrogen) atoms. The SMILES string of the molecule is CCNCC1(OCCCOC)CCCCC1. The van der Waals surface area contributed by atoms with Crippen LogP contribution in [-0.4, -0.2) is 39.0 Å². The fourth-order valence-electron chi connectivity index (χ4n) is 2.41. The molecule has 0 heterocycles. The third kappa shape index (κ3) is 4.81. The molecular weight excluding hydrogens is 202 g/mol. The highest BCUT2D eigenvalue weighted by molar-refractivity contribution is 4.86. The Morgan fingerprint density at radius 1 is 1.12 bits per heavy atom. The van der Waals surface area contributed by atoms with Gasteiger partial charge in [0.1, 0.15) is 0 Å². The molecule has 0 aliphatic heterocycles. The van der Waals surface area contributed by atoms with Crippen molar-refractivity contribution in [2.24, 2.45) is 0 Å². The fraction of sp³-hybridized carbons (Fsp3) is 1.00. The first-order chi connectivity index (χ1) is 7.83. The van der Waals surface area contributed by atoms with E-state index in [1.165, 1.54) is 32.1 Å². The number of hydrogen-bond acceptors (Lipinski definition) is 3. The van der Waals surface area contributed by atoms with E-state index in [2.05, 4.69) is 12.2 Å². The Morgan fingerprint density at radius 2 is 1.88 bits per heavy atom. The van der Waals surface area contributed by atoms with E-state index < -0.39 is 0 Å². The van der Waals surface area contributed by atoms with Gasteiger partial charge < -0.3 is 14.8 Å². The molecule has 1 N–H and O–H groups in total. The molecule has 0 aromatic rings. The molecule has 0 spiro atoms. The minimum absolute atomic E-state index is 0.113. The summed E-state index contributed by atoms with van der Waals surface area (Å²) in [5.74, 6) is 0. The van der Waals surface area contributed by atoms with Crippen molar-refractivity contribution in [2.45, 2.75) is 51.0 Å². The predicted octanol–water partition coefficient (Wildman–Crippen LogP) is 2.35. The lowest BCUT2D eigenvalue weighted by Gasteiger charge is -2.37. The highest BCUT2D eigenvalue weighted by atomic mass is 16.5. The summed E-state index contributed by atoms with van der Waals surface area (Å²) in [6.07, 6.45) is 7.44. The van der Waals surface area contributed by atoms with Crippen molar-refractivity contribution >= 4 is 0 Å². The molecule has 1 aliphatic carbocycles. The summed E-state index contributed by atoms with van der Waals surface area (Å²) in [6.45, 7) is 5.83. The van der Waals surface area contributed by atoms with Gasteiger partial charge in [-0.1, -0.05) is 26.2 Å². The normalized spacial score (nSPS) is 19.9. The van der Waals surface area contributed by atoms with Crippen LogP contribution >= 0.6 is 0 Å². The Bertz CT molecular complexity index is 167. The first-order valence-corrected chi connectivity index (χ1v) is 6.66. The number of ether oxygens (including phenoxy) is 2. The van der Waals surface area contributed by atoms with Gasteiger partial charge in [0.25, 0.3) is 0 Å². The quantitative estimate of drug-likeness (QED) is 0.648. The number of hydrogen-bond donors (Lipinski definition) is 1. The Hall–Kier alpha value is -0.120. The summed E-state index contributed by atoms with van der Waals surface area (Å²) in [5, 5.41) is 3.44. The molecule has 0 aromatic carbocycles. The van der Waals surface area contributed by atoms with E-state index in [0.717, 1.165) is 32.7 Å². The summed E-state index contributed by atoms with van der Waals surface area (Å²) >= 11 is 0. The van der Waals surface area contributed by atoms with Gasteiger partial charge in [0.2, 0.25) is 0 Å². The third-order valence-corrected chi connectivity index (χ3v) is 3.36. The third-order valence-electron chi connectivity index (χ3n) is 3.36. The van der Waals surface area contributed by atoms with E-state index in [4.69, 9.17) is 9.47 Å². The number of rotatable bonds is 8. The molecule has 0 amide bonds. The molecule has 0 saturated heterocycles. The van der Waals surface area contributed by atoms with Crippen molar-refractivity contribution < 1.29 is 9.47 Å². The maximum atomic E-state index is 6.13. The van der Waals surface area contributed by atoms with Gasteiger partial charge in [-0.3, -0.25) is 0 Å². The van der Waals surface area contributed by atoms with Gasteiger partial charge in [-0.15, -0.1) is 0 Å². The van der Waals surface area contributed by atoms with Crippen molar-refractivity contribution in [2.75, 3.05) is 33.4 Å². The Kier molecular flexibility index (Phi) is 7.01. The molecular formula is C13H27NO2. The van der Waals surface area contributed by atoms with Crippen LogP contribution < -0.4 is 5.32 Å². The Balaban J connectivity index is 2.30. The van der Waals surface area contributed by atoms with Crippen molar-refractivity contribution in [3.63, 3.8) is 0 Å². The zero-order chi connectivity index (χ0) is 11.7. The van der Waals surface area contributed by atoms with Gasteiger partial charge in [-0.2, -0.15) is 0 Å². The first kappa shape index (κ1) is 13.9. The Labute approximate surface area is 99.9 Å². The summed E-state index contributed by atoms with van der Waals surface area (Å²) < 4.78 is 11.2. The lowest BCUT2D eigenvalue weighted by Crippen LogP contribution is -2.45. The second-order valence-corrected chi connectivity index (χ2v) is 4.72. The fourth-order valence-corrected chi connectivity index (χ4v) is 2.41. The van der Waals surface area contributed by atoms with Crippen LogP contribution in [0, 0.1) is 0 Å². The zero-order valence-corrected chi connectivity index (χ0v) is 10.9. The maximum absolute atomic E-state index is 6.13. The van der Waals surface area contributed by atoms with Crippen LogP contribution in [0.15, 0.2) is 0 Å². The molecule has 0 unspecified atom stereocenters. The van der Waals surface area contributed by atoms with Gasteiger partial charge >= 0.3 is 0 Å². The number of methoxy groups -OCH3 is 1. The van der Waals surface area contributed by atoms with Crippen LogP contribution in [0.5, 0.6) is 0 Å². The standard InChI is InChI=1S/C13H27NO2/c1-3-14-12-13(8-5-4-6-9-13)16-11-7-10-15-2/h14H,3-12H2,1-2H3. The van der Waals surface area contributed by atoms with Crippen LogP contribution in [0.3, 0.4) is 0 Å². The maximum Gasteiger partial charge on any atom is 0.0806 e. The van der Waals surface area contributed by atoms with Crippen LogP contribution in [-0.2, 0) is 9.47 Å². The monoisotopic (exact) mass is 229 g/mol. The van der Waals surface area contributed by atoms with Crippen molar-refractivity contribution in [3.8, 4) is 0 Å². The Morgan fingerprint density at radius 3 is 2.50 bits per heavy atom. The number of nitrogens with one attached hydrogen (secondary N) is 1. The minimum Gasteiger partial charge on any atom is -0.385 e.